The van der Waals surface area contributed by atoms with Crippen molar-refractivity contribution in [3.05, 3.63) is 82.0 Å². The number of fused-ring (bicyclic) bond motifs is 1. The molecular weight excluding hydrogens is 304 g/mol. The zero-order valence-corrected chi connectivity index (χ0v) is 13.4. The second-order valence-electron chi connectivity index (χ2n) is 5.41. The first-order chi connectivity index (χ1) is 11.2. The van der Waals surface area contributed by atoms with E-state index in [9.17, 15) is 4.79 Å². The van der Waals surface area contributed by atoms with Gasteiger partial charge in [0.25, 0.3) is 0 Å². The van der Waals surface area contributed by atoms with Gasteiger partial charge in [-0.2, -0.15) is 0 Å². The second-order valence-corrected chi connectivity index (χ2v) is 6.70. The molecule has 0 aliphatic carbocycles. The van der Waals surface area contributed by atoms with Gasteiger partial charge in [0.05, 0.1) is 5.56 Å². The van der Waals surface area contributed by atoms with Gasteiger partial charge in [0.15, 0.2) is 0 Å². The average molecular weight is 318 g/mol. The Morgan fingerprint density at radius 3 is 2.30 bits per heavy atom. The Bertz CT molecular complexity index is 1040. The van der Waals surface area contributed by atoms with Crippen LogP contribution < -0.4 is 5.63 Å². The molecule has 2 aromatic carbocycles. The minimum absolute atomic E-state index is 0.288. The maximum absolute atomic E-state index is 12.7. The molecule has 0 fully saturated rings. The predicted molar refractivity (Wildman–Crippen MR) is 96.0 cm³/mol. The number of hydrogen-bond acceptors (Lipinski definition) is 3. The minimum atomic E-state index is -0.288. The first-order valence-corrected chi connectivity index (χ1v) is 8.24. The van der Waals surface area contributed by atoms with Crippen molar-refractivity contribution in [1.29, 1.82) is 0 Å². The molecule has 4 rings (SSSR count). The summed E-state index contributed by atoms with van der Waals surface area (Å²) >= 11 is 1.61. The normalized spacial score (nSPS) is 11.0. The third kappa shape index (κ3) is 2.39. The van der Waals surface area contributed by atoms with E-state index in [1.54, 1.807) is 11.3 Å². The number of aryl methyl sites for hydroxylation is 1. The summed E-state index contributed by atoms with van der Waals surface area (Å²) in [5.41, 5.74) is 2.95. The van der Waals surface area contributed by atoms with Crippen LogP contribution in [-0.4, -0.2) is 0 Å². The molecule has 0 aliphatic heterocycles. The summed E-state index contributed by atoms with van der Waals surface area (Å²) in [7, 11) is 0. The first kappa shape index (κ1) is 14.0. The van der Waals surface area contributed by atoms with Crippen molar-refractivity contribution in [2.24, 2.45) is 0 Å². The van der Waals surface area contributed by atoms with Crippen molar-refractivity contribution in [3.63, 3.8) is 0 Å². The van der Waals surface area contributed by atoms with Crippen LogP contribution in [0, 0.1) is 6.92 Å². The van der Waals surface area contributed by atoms with Crippen LogP contribution in [0.5, 0.6) is 0 Å². The highest BCUT2D eigenvalue weighted by molar-refractivity contribution is 7.15. The summed E-state index contributed by atoms with van der Waals surface area (Å²) in [6, 6.07) is 21.7. The van der Waals surface area contributed by atoms with Crippen LogP contribution in [0.1, 0.15) is 4.88 Å². The lowest BCUT2D eigenvalue weighted by Crippen LogP contribution is -2.05. The fourth-order valence-electron chi connectivity index (χ4n) is 2.85. The highest BCUT2D eigenvalue weighted by atomic mass is 32.1. The van der Waals surface area contributed by atoms with Crippen molar-refractivity contribution in [2.45, 2.75) is 6.92 Å². The number of para-hydroxylation sites is 1. The van der Waals surface area contributed by atoms with Gasteiger partial charge in [-0.1, -0.05) is 48.5 Å². The van der Waals surface area contributed by atoms with E-state index in [4.69, 9.17) is 4.42 Å². The summed E-state index contributed by atoms with van der Waals surface area (Å²) < 4.78 is 5.57. The van der Waals surface area contributed by atoms with Crippen LogP contribution in [0.25, 0.3) is 32.5 Å². The highest BCUT2D eigenvalue weighted by Crippen LogP contribution is 2.38. The number of benzene rings is 2. The number of hydrogen-bond donors (Lipinski definition) is 0. The van der Waals surface area contributed by atoms with Crippen molar-refractivity contribution in [1.82, 2.24) is 0 Å². The van der Waals surface area contributed by atoms with Gasteiger partial charge in [-0.05, 0) is 30.7 Å². The zero-order chi connectivity index (χ0) is 15.8. The van der Waals surface area contributed by atoms with E-state index >= 15 is 0 Å². The molecule has 2 heterocycles. The van der Waals surface area contributed by atoms with Crippen LogP contribution in [0.2, 0.25) is 0 Å². The summed E-state index contributed by atoms with van der Waals surface area (Å²) in [6.45, 7) is 2.04. The fraction of sp³-hybridized carbons (Fsp3) is 0.0500. The maximum atomic E-state index is 12.7. The van der Waals surface area contributed by atoms with Gasteiger partial charge in [0.1, 0.15) is 5.58 Å². The quantitative estimate of drug-likeness (QED) is 0.457. The van der Waals surface area contributed by atoms with Crippen molar-refractivity contribution < 1.29 is 4.42 Å². The van der Waals surface area contributed by atoms with Crippen molar-refractivity contribution >= 4 is 22.3 Å². The molecule has 112 valence electrons. The summed E-state index contributed by atoms with van der Waals surface area (Å²) in [6.07, 6.45) is 0. The number of thiophene rings is 1. The molecule has 0 spiro atoms. The Balaban J connectivity index is 2.17. The van der Waals surface area contributed by atoms with Crippen molar-refractivity contribution in [2.75, 3.05) is 0 Å². The average Bonchev–Trinajstić information content (AvgIpc) is 3.00. The zero-order valence-electron chi connectivity index (χ0n) is 12.6. The van der Waals surface area contributed by atoms with Gasteiger partial charge >= 0.3 is 5.63 Å². The van der Waals surface area contributed by atoms with E-state index in [1.165, 1.54) is 4.88 Å². The van der Waals surface area contributed by atoms with Crippen LogP contribution >= 0.6 is 11.3 Å². The van der Waals surface area contributed by atoms with E-state index in [-0.39, 0.29) is 5.63 Å². The molecule has 4 aromatic rings. The van der Waals surface area contributed by atoms with Crippen LogP contribution in [0.15, 0.2) is 75.9 Å². The third-order valence-electron chi connectivity index (χ3n) is 3.86. The summed E-state index contributed by atoms with van der Waals surface area (Å²) in [5.74, 6) is 0. The second kappa shape index (κ2) is 5.52. The molecular formula is C20H14O2S. The van der Waals surface area contributed by atoms with Gasteiger partial charge in [-0.3, -0.25) is 0 Å². The Morgan fingerprint density at radius 1 is 0.826 bits per heavy atom. The lowest BCUT2D eigenvalue weighted by Gasteiger charge is -2.10. The van der Waals surface area contributed by atoms with E-state index in [2.05, 4.69) is 0 Å². The molecule has 0 bridgehead atoms. The molecule has 0 aliphatic rings. The van der Waals surface area contributed by atoms with Crippen LogP contribution in [-0.2, 0) is 0 Å². The standard InChI is InChI=1S/C20H14O2S/c1-13-11-12-17(23-13)19-18(14-7-3-2-4-8-14)15-9-5-6-10-16(15)22-20(19)21/h2-12H,1H3. The summed E-state index contributed by atoms with van der Waals surface area (Å²) in [4.78, 5) is 14.8. The molecule has 0 saturated heterocycles. The number of rotatable bonds is 2. The molecule has 0 radical (unpaired) electrons. The Kier molecular flexibility index (Phi) is 3.36. The summed E-state index contributed by atoms with van der Waals surface area (Å²) in [5, 5.41) is 0.958. The Labute approximate surface area is 137 Å². The predicted octanol–water partition coefficient (Wildman–Crippen LogP) is 5.50. The van der Waals surface area contributed by atoms with Gasteiger partial charge in [0, 0.05) is 20.7 Å². The van der Waals surface area contributed by atoms with Crippen LogP contribution in [0.3, 0.4) is 0 Å². The highest BCUT2D eigenvalue weighted by Gasteiger charge is 2.18. The van der Waals surface area contributed by atoms with E-state index in [1.807, 2.05) is 73.7 Å². The molecule has 2 nitrogen and oxygen atoms in total. The molecule has 0 saturated carbocycles. The lowest BCUT2D eigenvalue weighted by molar-refractivity contribution is 0.564. The SMILES string of the molecule is Cc1ccc(-c2c(-c3ccccc3)c3ccccc3oc2=O)s1. The largest absolute Gasteiger partial charge is 0.422 e. The molecule has 3 heteroatoms. The van der Waals surface area contributed by atoms with Gasteiger partial charge < -0.3 is 4.42 Å². The topological polar surface area (TPSA) is 30.2 Å². The molecule has 0 N–H and O–H groups in total. The fourth-order valence-corrected chi connectivity index (χ4v) is 3.75. The first-order valence-electron chi connectivity index (χ1n) is 7.42. The van der Waals surface area contributed by atoms with E-state index in [0.717, 1.165) is 21.4 Å². The minimum Gasteiger partial charge on any atom is -0.422 e. The van der Waals surface area contributed by atoms with E-state index < -0.39 is 0 Å². The van der Waals surface area contributed by atoms with E-state index in [0.29, 0.717) is 11.1 Å². The molecule has 0 amide bonds. The smallest absolute Gasteiger partial charge is 0.345 e. The third-order valence-corrected chi connectivity index (χ3v) is 4.88. The maximum Gasteiger partial charge on any atom is 0.345 e. The van der Waals surface area contributed by atoms with Gasteiger partial charge in [-0.15, -0.1) is 11.3 Å². The van der Waals surface area contributed by atoms with Crippen molar-refractivity contribution in [3.8, 4) is 21.6 Å². The monoisotopic (exact) mass is 318 g/mol. The molecule has 0 atom stereocenters. The lowest BCUT2D eigenvalue weighted by atomic mass is 9.96. The molecule has 0 unspecified atom stereocenters. The molecule has 23 heavy (non-hydrogen) atoms. The Hall–Kier alpha value is -2.65. The van der Waals surface area contributed by atoms with Gasteiger partial charge in [0.2, 0.25) is 0 Å². The molecule has 2 aromatic heterocycles. The Morgan fingerprint density at radius 2 is 1.57 bits per heavy atom. The van der Waals surface area contributed by atoms with Gasteiger partial charge in [-0.25, -0.2) is 4.79 Å². The van der Waals surface area contributed by atoms with Crippen LogP contribution in [0.4, 0.5) is 0 Å².